The van der Waals surface area contributed by atoms with Crippen LogP contribution in [0, 0.1) is 5.82 Å². The van der Waals surface area contributed by atoms with Gasteiger partial charge < -0.3 is 14.2 Å². The highest BCUT2D eigenvalue weighted by molar-refractivity contribution is 7.98. The molecule has 0 saturated heterocycles. The molecule has 2 aromatic carbocycles. The Morgan fingerprint density at radius 2 is 1.93 bits per heavy atom. The zero-order valence-corrected chi connectivity index (χ0v) is 17.3. The van der Waals surface area contributed by atoms with E-state index in [0.29, 0.717) is 18.0 Å². The number of benzene rings is 2. The second kappa shape index (κ2) is 8.75. The lowest BCUT2D eigenvalue weighted by Crippen LogP contribution is -2.33. The quantitative estimate of drug-likeness (QED) is 0.564. The van der Waals surface area contributed by atoms with Gasteiger partial charge in [0.15, 0.2) is 5.75 Å². The van der Waals surface area contributed by atoms with Gasteiger partial charge in [-0.1, -0.05) is 18.2 Å². The van der Waals surface area contributed by atoms with E-state index in [0.717, 1.165) is 22.6 Å². The Bertz CT molecular complexity index is 1130. The number of carbonyl (C=O) groups excluding carboxylic acids is 1. The van der Waals surface area contributed by atoms with Crippen molar-refractivity contribution in [2.24, 2.45) is 0 Å². The molecule has 0 unspecified atom stereocenters. The van der Waals surface area contributed by atoms with Gasteiger partial charge in [0.25, 0.3) is 0 Å². The van der Waals surface area contributed by atoms with E-state index in [-0.39, 0.29) is 29.4 Å². The first-order valence-electron chi connectivity index (χ1n) is 9.59. The molecule has 30 heavy (non-hydrogen) atoms. The normalized spacial score (nSPS) is 12.7. The van der Waals surface area contributed by atoms with Gasteiger partial charge in [0.05, 0.1) is 13.3 Å². The van der Waals surface area contributed by atoms with Crippen molar-refractivity contribution < 1.29 is 13.9 Å². The largest absolute Gasteiger partial charge is 0.491 e. The van der Waals surface area contributed by atoms with Crippen LogP contribution in [0.3, 0.4) is 0 Å². The second-order valence-corrected chi connectivity index (χ2v) is 8.04. The third-order valence-corrected chi connectivity index (χ3v) is 6.14. The Balaban J connectivity index is 1.57. The molecular formula is C23H21FN2O3S. The fraction of sp³-hybridized carbons (Fsp3) is 0.217. The number of hydrogen-bond acceptors (Lipinski definition) is 4. The van der Waals surface area contributed by atoms with Crippen molar-refractivity contribution in [1.82, 2.24) is 4.57 Å². The first-order chi connectivity index (χ1) is 14.5. The third kappa shape index (κ3) is 4.26. The average molecular weight is 424 g/mol. The van der Waals surface area contributed by atoms with Gasteiger partial charge in [-0.05, 0) is 42.3 Å². The predicted octanol–water partition coefficient (Wildman–Crippen LogP) is 3.88. The van der Waals surface area contributed by atoms with E-state index in [4.69, 9.17) is 4.74 Å². The molecule has 0 atom stereocenters. The van der Waals surface area contributed by atoms with Crippen LogP contribution in [0.5, 0.6) is 5.75 Å². The lowest BCUT2D eigenvalue weighted by molar-refractivity contribution is -0.119. The van der Waals surface area contributed by atoms with Crippen LogP contribution in [0.1, 0.15) is 11.3 Å². The van der Waals surface area contributed by atoms with Crippen LogP contribution in [0.25, 0.3) is 0 Å². The molecule has 0 fully saturated rings. The Kier molecular flexibility index (Phi) is 5.90. The molecule has 0 radical (unpaired) electrons. The summed E-state index contributed by atoms with van der Waals surface area (Å²) in [4.78, 5) is 28.0. The molecule has 4 rings (SSSR count). The van der Waals surface area contributed by atoms with Gasteiger partial charge >= 0.3 is 0 Å². The van der Waals surface area contributed by atoms with Crippen LogP contribution in [-0.2, 0) is 23.5 Å². The summed E-state index contributed by atoms with van der Waals surface area (Å²) in [5.41, 5.74) is 2.58. The Morgan fingerprint density at radius 3 is 2.70 bits per heavy atom. The molecule has 1 aromatic heterocycles. The highest BCUT2D eigenvalue weighted by atomic mass is 32.2. The molecule has 1 aliphatic rings. The Morgan fingerprint density at radius 1 is 1.17 bits per heavy atom. The van der Waals surface area contributed by atoms with Gasteiger partial charge in [-0.2, -0.15) is 0 Å². The number of carbonyl (C=O) groups is 1. The maximum atomic E-state index is 13.1. The van der Waals surface area contributed by atoms with Gasteiger partial charge in [-0.3, -0.25) is 9.59 Å². The minimum absolute atomic E-state index is 0.0429. The number of hydrogen-bond donors (Lipinski definition) is 0. The zero-order valence-electron chi connectivity index (χ0n) is 16.5. The topological polar surface area (TPSA) is 51.5 Å². The fourth-order valence-electron chi connectivity index (χ4n) is 3.53. The number of aromatic nitrogens is 1. The standard InChI is InChI=1S/C23H21FN2O3S/c1-29-22-13-25(14-23(28)26-11-10-16-4-2-3-5-20(16)26)18(12-21(22)27)15-30-19-8-6-17(24)7-9-19/h2-9,12-13H,10-11,14-15H2,1H3. The van der Waals surface area contributed by atoms with Crippen LogP contribution in [-0.4, -0.2) is 24.1 Å². The maximum Gasteiger partial charge on any atom is 0.246 e. The molecule has 0 aliphatic carbocycles. The van der Waals surface area contributed by atoms with Crippen LogP contribution < -0.4 is 15.1 Å². The maximum absolute atomic E-state index is 13.1. The number of ether oxygens (including phenoxy) is 1. The van der Waals surface area contributed by atoms with Crippen molar-refractivity contribution in [3.63, 3.8) is 0 Å². The number of anilines is 1. The zero-order chi connectivity index (χ0) is 21.1. The van der Waals surface area contributed by atoms with Crippen molar-refractivity contribution in [2.45, 2.75) is 23.6 Å². The van der Waals surface area contributed by atoms with E-state index in [1.54, 1.807) is 27.8 Å². The van der Waals surface area contributed by atoms with Crippen molar-refractivity contribution in [3.8, 4) is 5.75 Å². The number of para-hydroxylation sites is 1. The van der Waals surface area contributed by atoms with Crippen LogP contribution >= 0.6 is 11.8 Å². The molecule has 0 saturated carbocycles. The van der Waals surface area contributed by atoms with E-state index in [9.17, 15) is 14.0 Å². The first-order valence-corrected chi connectivity index (χ1v) is 10.6. The number of pyridine rings is 1. The van der Waals surface area contributed by atoms with Gasteiger partial charge in [0.2, 0.25) is 11.3 Å². The molecule has 3 aromatic rings. The molecular weight excluding hydrogens is 403 g/mol. The summed E-state index contributed by atoms with van der Waals surface area (Å²) in [6, 6.07) is 15.6. The summed E-state index contributed by atoms with van der Waals surface area (Å²) in [6.45, 7) is 0.749. The highest BCUT2D eigenvalue weighted by Crippen LogP contribution is 2.28. The minimum Gasteiger partial charge on any atom is -0.491 e. The van der Waals surface area contributed by atoms with Crippen molar-refractivity contribution in [2.75, 3.05) is 18.6 Å². The molecule has 0 spiro atoms. The smallest absolute Gasteiger partial charge is 0.246 e. The SMILES string of the molecule is COc1cn(CC(=O)N2CCc3ccccc32)c(CSc2ccc(F)cc2)cc1=O. The van der Waals surface area contributed by atoms with E-state index < -0.39 is 0 Å². The lowest BCUT2D eigenvalue weighted by atomic mass is 10.2. The Labute approximate surface area is 178 Å². The molecule has 7 heteroatoms. The number of halogens is 1. The first kappa shape index (κ1) is 20.2. The molecule has 154 valence electrons. The van der Waals surface area contributed by atoms with E-state index in [2.05, 4.69) is 0 Å². The molecule has 0 N–H and O–H groups in total. The van der Waals surface area contributed by atoms with Crippen LogP contribution in [0.15, 0.2) is 70.5 Å². The van der Waals surface area contributed by atoms with Crippen LogP contribution in [0.4, 0.5) is 10.1 Å². The number of amides is 1. The monoisotopic (exact) mass is 424 g/mol. The number of rotatable bonds is 6. The van der Waals surface area contributed by atoms with Gasteiger partial charge in [-0.15, -0.1) is 11.8 Å². The molecule has 1 aliphatic heterocycles. The molecule has 0 bridgehead atoms. The lowest BCUT2D eigenvalue weighted by Gasteiger charge is -2.20. The predicted molar refractivity (Wildman–Crippen MR) is 116 cm³/mol. The Hall–Kier alpha value is -3.06. The second-order valence-electron chi connectivity index (χ2n) is 6.99. The van der Waals surface area contributed by atoms with Gasteiger partial charge in [0.1, 0.15) is 12.4 Å². The fourth-order valence-corrected chi connectivity index (χ4v) is 4.43. The molecule has 5 nitrogen and oxygen atoms in total. The van der Waals surface area contributed by atoms with Gasteiger partial charge in [-0.25, -0.2) is 4.39 Å². The number of nitrogens with zero attached hydrogens (tertiary/aromatic N) is 2. The van der Waals surface area contributed by atoms with E-state index in [1.165, 1.54) is 37.1 Å². The summed E-state index contributed by atoms with van der Waals surface area (Å²) in [6.07, 6.45) is 2.42. The van der Waals surface area contributed by atoms with E-state index >= 15 is 0 Å². The summed E-state index contributed by atoms with van der Waals surface area (Å²) in [5, 5.41) is 0. The number of thioether (sulfide) groups is 1. The van der Waals surface area contributed by atoms with Crippen molar-refractivity contribution >= 4 is 23.4 Å². The molecule has 2 heterocycles. The summed E-state index contributed by atoms with van der Waals surface area (Å²) >= 11 is 1.47. The molecule has 1 amide bonds. The van der Waals surface area contributed by atoms with E-state index in [1.807, 2.05) is 24.3 Å². The third-order valence-electron chi connectivity index (χ3n) is 5.10. The van der Waals surface area contributed by atoms with Gasteiger partial charge in [0, 0.05) is 34.6 Å². The average Bonchev–Trinajstić information content (AvgIpc) is 3.19. The number of fused-ring (bicyclic) bond motifs is 1. The van der Waals surface area contributed by atoms with Crippen LogP contribution in [0.2, 0.25) is 0 Å². The van der Waals surface area contributed by atoms with Crippen molar-refractivity contribution in [3.05, 3.63) is 88.1 Å². The summed E-state index contributed by atoms with van der Waals surface area (Å²) < 4.78 is 20.1. The number of methoxy groups -OCH3 is 1. The highest BCUT2D eigenvalue weighted by Gasteiger charge is 2.24. The minimum atomic E-state index is -0.294. The van der Waals surface area contributed by atoms with Crippen molar-refractivity contribution in [1.29, 1.82) is 0 Å². The summed E-state index contributed by atoms with van der Waals surface area (Å²) in [5.74, 6) is 0.324. The summed E-state index contributed by atoms with van der Waals surface area (Å²) in [7, 11) is 1.44.